The summed E-state index contributed by atoms with van der Waals surface area (Å²) in [5, 5.41) is 11.3. The van der Waals surface area contributed by atoms with Crippen molar-refractivity contribution in [3.05, 3.63) is 50.5 Å². The topological polar surface area (TPSA) is 105 Å². The van der Waals surface area contributed by atoms with Gasteiger partial charge in [0.05, 0.1) is 10.5 Å². The van der Waals surface area contributed by atoms with E-state index < -0.39 is 31.6 Å². The predicted octanol–water partition coefficient (Wildman–Crippen LogP) is 4.56. The monoisotopic (exact) mass is 508 g/mol. The molecule has 1 aromatic heterocycles. The van der Waals surface area contributed by atoms with Crippen LogP contribution in [0.1, 0.15) is 24.8 Å². The molecule has 2 aromatic rings. The third-order valence-corrected chi connectivity index (χ3v) is 6.83. The average molecular weight is 509 g/mol. The van der Waals surface area contributed by atoms with E-state index >= 15 is 0 Å². The number of hydrogen-bond acceptors (Lipinski definition) is 6. The van der Waals surface area contributed by atoms with Gasteiger partial charge in [-0.1, -0.05) is 0 Å². The molecule has 0 bridgehead atoms. The fourth-order valence-corrected chi connectivity index (χ4v) is 5.15. The Bertz CT molecular complexity index is 1070. The largest absolute Gasteiger partial charge is 0.416 e. The van der Waals surface area contributed by atoms with Crippen molar-refractivity contribution in [2.24, 2.45) is 0 Å². The summed E-state index contributed by atoms with van der Waals surface area (Å²) < 4.78 is 65.7. The molecule has 0 radical (unpaired) electrons. The van der Waals surface area contributed by atoms with Crippen molar-refractivity contribution >= 4 is 43.3 Å². The van der Waals surface area contributed by atoms with Gasteiger partial charge in [-0.3, -0.25) is 14.8 Å². The number of nitrogens with zero attached hydrogens (tertiary/aromatic N) is 3. The number of rotatable bonds is 5. The summed E-state index contributed by atoms with van der Waals surface area (Å²) in [6.45, 7) is 1.10. The lowest BCUT2D eigenvalue weighted by molar-refractivity contribution is -0.384. The highest BCUT2D eigenvalue weighted by Crippen LogP contribution is 2.35. The summed E-state index contributed by atoms with van der Waals surface area (Å²) in [5.74, 6) is -0.126. The number of sulfonamides is 1. The van der Waals surface area contributed by atoms with Crippen LogP contribution in [0.4, 0.5) is 30.5 Å². The number of benzene rings is 1. The molecule has 0 saturated carbocycles. The van der Waals surface area contributed by atoms with E-state index in [4.69, 9.17) is 0 Å². The number of anilines is 2. The van der Waals surface area contributed by atoms with Crippen LogP contribution >= 0.6 is 15.9 Å². The number of alkyl halides is 3. The van der Waals surface area contributed by atoms with E-state index in [1.807, 2.05) is 0 Å². The summed E-state index contributed by atoms with van der Waals surface area (Å²) >= 11 is 2.86. The molecule has 1 aromatic carbocycles. The Labute approximate surface area is 178 Å². The van der Waals surface area contributed by atoms with Crippen LogP contribution in [0.2, 0.25) is 0 Å². The quantitative estimate of drug-likeness (QED) is 0.468. The highest BCUT2D eigenvalue weighted by molar-refractivity contribution is 9.10. The van der Waals surface area contributed by atoms with Gasteiger partial charge in [0, 0.05) is 23.6 Å². The Balaban J connectivity index is 1.94. The van der Waals surface area contributed by atoms with Crippen molar-refractivity contribution in [3.8, 4) is 0 Å². The minimum absolute atomic E-state index is 0.0476. The second-order valence-corrected chi connectivity index (χ2v) is 9.10. The molecule has 30 heavy (non-hydrogen) atoms. The van der Waals surface area contributed by atoms with E-state index in [1.54, 1.807) is 4.90 Å². The lowest BCUT2D eigenvalue weighted by Gasteiger charge is -2.27. The Morgan fingerprint density at radius 3 is 2.37 bits per heavy atom. The minimum atomic E-state index is -4.62. The van der Waals surface area contributed by atoms with Crippen LogP contribution in [0.25, 0.3) is 0 Å². The van der Waals surface area contributed by atoms with E-state index in [2.05, 4.69) is 25.6 Å². The summed E-state index contributed by atoms with van der Waals surface area (Å²) in [7, 11) is -4.30. The van der Waals surface area contributed by atoms with Crippen molar-refractivity contribution in [1.82, 2.24) is 4.98 Å². The van der Waals surface area contributed by atoms with Crippen LogP contribution < -0.4 is 9.62 Å². The van der Waals surface area contributed by atoms with E-state index in [-0.39, 0.29) is 21.8 Å². The zero-order valence-corrected chi connectivity index (χ0v) is 17.7. The standard InChI is InChI=1S/C17H16BrF3N4O4S/c18-12-10-11(17(19,20)21)4-6-14(12)30(28,29)23-15-7-5-13(25(26)27)16(22-15)24-8-2-1-3-9-24/h4-7,10H,1-3,8-9H2,(H,22,23). The van der Waals surface area contributed by atoms with Crippen molar-refractivity contribution in [1.29, 1.82) is 0 Å². The number of hydrogen-bond donors (Lipinski definition) is 1. The molecule has 2 heterocycles. The third-order valence-electron chi connectivity index (χ3n) is 4.49. The molecule has 0 spiro atoms. The van der Waals surface area contributed by atoms with E-state index in [9.17, 15) is 31.7 Å². The molecule has 13 heteroatoms. The van der Waals surface area contributed by atoms with Crippen LogP contribution in [-0.2, 0) is 16.2 Å². The van der Waals surface area contributed by atoms with Crippen LogP contribution in [0, 0.1) is 10.1 Å². The Morgan fingerprint density at radius 1 is 1.13 bits per heavy atom. The number of nitro groups is 1. The molecular weight excluding hydrogens is 493 g/mol. The maximum absolute atomic E-state index is 12.8. The maximum Gasteiger partial charge on any atom is 0.416 e. The van der Waals surface area contributed by atoms with Gasteiger partial charge in [0.2, 0.25) is 5.82 Å². The average Bonchev–Trinajstić information content (AvgIpc) is 2.67. The van der Waals surface area contributed by atoms with Gasteiger partial charge in [-0.25, -0.2) is 13.4 Å². The van der Waals surface area contributed by atoms with E-state index in [0.29, 0.717) is 25.2 Å². The normalized spacial score (nSPS) is 15.1. The maximum atomic E-state index is 12.8. The lowest BCUT2D eigenvalue weighted by atomic mass is 10.1. The fourth-order valence-electron chi connectivity index (χ4n) is 3.07. The molecule has 0 aliphatic carbocycles. The van der Waals surface area contributed by atoms with Crippen LogP contribution in [0.5, 0.6) is 0 Å². The molecule has 8 nitrogen and oxygen atoms in total. The second kappa shape index (κ2) is 8.38. The Hall–Kier alpha value is -2.41. The molecular formula is C17H16BrF3N4O4S. The Morgan fingerprint density at radius 2 is 1.80 bits per heavy atom. The van der Waals surface area contributed by atoms with Gasteiger partial charge in [-0.05, 0) is 59.5 Å². The zero-order valence-electron chi connectivity index (χ0n) is 15.3. The van der Waals surface area contributed by atoms with Gasteiger partial charge in [0.15, 0.2) is 0 Å². The third kappa shape index (κ3) is 4.83. The highest BCUT2D eigenvalue weighted by Gasteiger charge is 2.32. The zero-order chi connectivity index (χ0) is 22.1. The highest BCUT2D eigenvalue weighted by atomic mass is 79.9. The van der Waals surface area contributed by atoms with Gasteiger partial charge in [-0.2, -0.15) is 13.2 Å². The van der Waals surface area contributed by atoms with Crippen molar-refractivity contribution in [2.75, 3.05) is 22.7 Å². The lowest BCUT2D eigenvalue weighted by Crippen LogP contribution is -2.31. The summed E-state index contributed by atoms with van der Waals surface area (Å²) in [5.41, 5.74) is -1.26. The molecule has 1 N–H and O–H groups in total. The van der Waals surface area contributed by atoms with Gasteiger partial charge < -0.3 is 4.90 Å². The number of piperidine rings is 1. The number of aromatic nitrogens is 1. The van der Waals surface area contributed by atoms with Crippen LogP contribution in [-0.4, -0.2) is 31.4 Å². The summed E-state index contributed by atoms with van der Waals surface area (Å²) in [6, 6.07) is 4.43. The molecule has 1 fully saturated rings. The predicted molar refractivity (Wildman–Crippen MR) is 107 cm³/mol. The van der Waals surface area contributed by atoms with Gasteiger partial charge in [0.25, 0.3) is 10.0 Å². The molecule has 0 atom stereocenters. The van der Waals surface area contributed by atoms with Crippen LogP contribution in [0.15, 0.2) is 39.7 Å². The number of nitrogens with one attached hydrogen (secondary N) is 1. The molecule has 3 rings (SSSR count). The first-order valence-corrected chi connectivity index (χ1v) is 11.1. The second-order valence-electron chi connectivity index (χ2n) is 6.59. The summed E-state index contributed by atoms with van der Waals surface area (Å²) in [6.07, 6.45) is -1.99. The first-order chi connectivity index (χ1) is 14.0. The fraction of sp³-hybridized carbons (Fsp3) is 0.353. The van der Waals surface area contributed by atoms with Crippen molar-refractivity contribution in [2.45, 2.75) is 30.3 Å². The van der Waals surface area contributed by atoms with Gasteiger partial charge in [0.1, 0.15) is 10.7 Å². The van der Waals surface area contributed by atoms with E-state index in [0.717, 1.165) is 37.5 Å². The molecule has 1 saturated heterocycles. The van der Waals surface area contributed by atoms with Gasteiger partial charge >= 0.3 is 11.9 Å². The minimum Gasteiger partial charge on any atom is -0.351 e. The number of halogens is 4. The SMILES string of the molecule is O=[N+]([O-])c1ccc(NS(=O)(=O)c2ccc(C(F)(F)F)cc2Br)nc1N1CCCCC1. The smallest absolute Gasteiger partial charge is 0.351 e. The Kier molecular flexibility index (Phi) is 6.22. The molecule has 0 unspecified atom stereocenters. The number of pyridine rings is 1. The molecule has 1 aliphatic rings. The molecule has 0 amide bonds. The first-order valence-electron chi connectivity index (χ1n) is 8.79. The van der Waals surface area contributed by atoms with Crippen LogP contribution in [0.3, 0.4) is 0 Å². The van der Waals surface area contributed by atoms with E-state index in [1.165, 1.54) is 0 Å². The van der Waals surface area contributed by atoms with Gasteiger partial charge in [-0.15, -0.1) is 0 Å². The van der Waals surface area contributed by atoms with Crippen molar-refractivity contribution < 1.29 is 26.5 Å². The van der Waals surface area contributed by atoms with Crippen molar-refractivity contribution in [3.63, 3.8) is 0 Å². The molecule has 1 aliphatic heterocycles. The molecule has 162 valence electrons. The first kappa shape index (κ1) is 22.3. The summed E-state index contributed by atoms with van der Waals surface area (Å²) in [4.78, 5) is 16.2.